The summed E-state index contributed by atoms with van der Waals surface area (Å²) in [5.74, 6) is 0.709. The first kappa shape index (κ1) is 19.5. The first-order valence-electron chi connectivity index (χ1n) is 8.91. The Morgan fingerprint density at radius 3 is 2.83 bits per heavy atom. The van der Waals surface area contributed by atoms with Crippen molar-refractivity contribution in [1.82, 2.24) is 24.7 Å². The number of hydrogen-bond donors (Lipinski definition) is 3. The summed E-state index contributed by atoms with van der Waals surface area (Å²) in [6.45, 7) is 0.133. The highest BCUT2D eigenvalue weighted by atomic mass is 35.5. The molecule has 0 radical (unpaired) electrons. The van der Waals surface area contributed by atoms with Crippen LogP contribution >= 0.6 is 11.6 Å². The van der Waals surface area contributed by atoms with Crippen molar-refractivity contribution < 1.29 is 4.74 Å². The number of hydrogen-bond acceptors (Lipinski definition) is 8. The molecule has 0 bridgehead atoms. The third-order valence-electron chi connectivity index (χ3n) is 4.33. The number of halogens is 1. The predicted octanol–water partition coefficient (Wildman–Crippen LogP) is 2.97. The largest absolute Gasteiger partial charge is 0.495 e. The molecule has 0 unspecified atom stereocenters. The van der Waals surface area contributed by atoms with Crippen molar-refractivity contribution in [2.24, 2.45) is 0 Å². The van der Waals surface area contributed by atoms with E-state index in [0.717, 1.165) is 5.69 Å². The molecule has 0 saturated carbocycles. The Kier molecular flexibility index (Phi) is 5.36. The van der Waals surface area contributed by atoms with Gasteiger partial charge >= 0.3 is 0 Å². The molecule has 0 aliphatic carbocycles. The summed E-state index contributed by atoms with van der Waals surface area (Å²) in [5, 5.41) is 24.6. The number of nitrogens with one attached hydrogen (secondary N) is 3. The van der Waals surface area contributed by atoms with Crippen LogP contribution in [0.2, 0.25) is 5.02 Å². The lowest BCUT2D eigenvalue weighted by Crippen LogP contribution is -2.33. The van der Waals surface area contributed by atoms with Crippen LogP contribution in [0.3, 0.4) is 0 Å². The van der Waals surface area contributed by atoms with Gasteiger partial charge in [0.1, 0.15) is 22.6 Å². The zero-order valence-electron chi connectivity index (χ0n) is 15.9. The van der Waals surface area contributed by atoms with Gasteiger partial charge in [-0.25, -0.2) is 4.98 Å². The van der Waals surface area contributed by atoms with E-state index in [4.69, 9.17) is 27.2 Å². The second kappa shape index (κ2) is 8.26. The molecule has 30 heavy (non-hydrogen) atoms. The summed E-state index contributed by atoms with van der Waals surface area (Å²) < 4.78 is 6.44. The maximum atomic E-state index is 8.41. The fraction of sp³-hybridized carbons (Fsp3) is 0.100. The molecule has 9 nitrogen and oxygen atoms in total. The lowest BCUT2D eigenvalue weighted by Gasteiger charge is -2.12. The Bertz CT molecular complexity index is 1300. The van der Waals surface area contributed by atoms with Crippen molar-refractivity contribution in [2.45, 2.75) is 0 Å². The highest BCUT2D eigenvalue weighted by molar-refractivity contribution is 6.30. The van der Waals surface area contributed by atoms with Gasteiger partial charge in [0.25, 0.3) is 0 Å². The van der Waals surface area contributed by atoms with E-state index in [1.54, 1.807) is 56.0 Å². The second-order valence-electron chi connectivity index (χ2n) is 6.31. The molecule has 4 heterocycles. The molecule has 4 aromatic heterocycles. The Hall–Kier alpha value is -3.85. The van der Waals surface area contributed by atoms with Crippen molar-refractivity contribution in [3.05, 3.63) is 65.6 Å². The highest BCUT2D eigenvalue weighted by Crippen LogP contribution is 2.22. The van der Waals surface area contributed by atoms with Gasteiger partial charge in [-0.15, -0.1) is 0 Å². The van der Waals surface area contributed by atoms with Gasteiger partial charge in [0.2, 0.25) is 0 Å². The molecule has 4 rings (SSSR count). The summed E-state index contributed by atoms with van der Waals surface area (Å²) in [6, 6.07) is 8.58. The smallest absolute Gasteiger partial charge is 0.148 e. The second-order valence-corrected chi connectivity index (χ2v) is 6.75. The molecule has 0 fully saturated rings. The first-order valence-corrected chi connectivity index (χ1v) is 9.29. The number of nitrogens with zero attached hydrogens (tertiary/aromatic N) is 5. The summed E-state index contributed by atoms with van der Waals surface area (Å²) in [4.78, 5) is 12.7. The van der Waals surface area contributed by atoms with E-state index in [-0.39, 0.29) is 17.9 Å². The predicted molar refractivity (Wildman–Crippen MR) is 114 cm³/mol. The molecule has 4 aromatic rings. The van der Waals surface area contributed by atoms with E-state index < -0.39 is 0 Å². The van der Waals surface area contributed by atoms with Crippen LogP contribution < -0.4 is 15.5 Å². The van der Waals surface area contributed by atoms with Crippen molar-refractivity contribution in [3.8, 4) is 17.0 Å². The first-order chi connectivity index (χ1) is 14.5. The van der Waals surface area contributed by atoms with Crippen LogP contribution in [0, 0.1) is 10.8 Å². The zero-order valence-corrected chi connectivity index (χ0v) is 16.7. The van der Waals surface area contributed by atoms with Crippen LogP contribution in [0.15, 0.2) is 55.1 Å². The summed E-state index contributed by atoms with van der Waals surface area (Å²) in [6.07, 6.45) is 6.43. The van der Waals surface area contributed by atoms with Gasteiger partial charge in [-0.05, 0) is 24.3 Å². The zero-order chi connectivity index (χ0) is 21.1. The van der Waals surface area contributed by atoms with Crippen molar-refractivity contribution >= 4 is 34.2 Å². The SMILES string of the molecule is COc1cnc2c(NCC(=N)n3nc(-c4cncc(Cl)c4)ccc3=N)ccnc2c1. The Labute approximate surface area is 176 Å². The van der Waals surface area contributed by atoms with E-state index in [0.29, 0.717) is 33.1 Å². The third-order valence-corrected chi connectivity index (χ3v) is 4.53. The number of methoxy groups -OCH3 is 1. The number of aromatic nitrogens is 5. The Morgan fingerprint density at radius 2 is 2.03 bits per heavy atom. The summed E-state index contributed by atoms with van der Waals surface area (Å²) >= 11 is 6.01. The molecule has 0 aliphatic heterocycles. The summed E-state index contributed by atoms with van der Waals surface area (Å²) in [5.41, 5.74) is 3.41. The molecule has 0 aromatic carbocycles. The van der Waals surface area contributed by atoms with Gasteiger partial charge in [-0.2, -0.15) is 9.78 Å². The number of rotatable bonds is 5. The molecule has 0 aliphatic rings. The van der Waals surface area contributed by atoms with Gasteiger partial charge in [0.15, 0.2) is 0 Å². The monoisotopic (exact) mass is 420 g/mol. The summed E-state index contributed by atoms with van der Waals surface area (Å²) in [7, 11) is 1.57. The van der Waals surface area contributed by atoms with Gasteiger partial charge in [0, 0.05) is 30.2 Å². The van der Waals surface area contributed by atoms with Crippen LogP contribution in [-0.2, 0) is 0 Å². The number of anilines is 1. The molecule has 0 atom stereocenters. The fourth-order valence-electron chi connectivity index (χ4n) is 2.85. The van der Waals surface area contributed by atoms with E-state index in [1.807, 2.05) is 0 Å². The molecule has 0 amide bonds. The topological polar surface area (TPSA) is 125 Å². The minimum Gasteiger partial charge on any atom is -0.495 e. The minimum atomic E-state index is 0.0861. The third kappa shape index (κ3) is 3.96. The van der Waals surface area contributed by atoms with Crippen molar-refractivity contribution in [2.75, 3.05) is 19.0 Å². The van der Waals surface area contributed by atoms with Crippen LogP contribution in [0.5, 0.6) is 5.75 Å². The molecule has 150 valence electrons. The highest BCUT2D eigenvalue weighted by Gasteiger charge is 2.09. The minimum absolute atomic E-state index is 0.0861. The van der Waals surface area contributed by atoms with Gasteiger partial charge in [-0.3, -0.25) is 20.8 Å². The lowest BCUT2D eigenvalue weighted by atomic mass is 10.2. The molecular formula is C20H17ClN8O. The van der Waals surface area contributed by atoms with Crippen molar-refractivity contribution in [3.63, 3.8) is 0 Å². The molecule has 3 N–H and O–H groups in total. The number of fused-ring (bicyclic) bond motifs is 1. The molecule has 10 heteroatoms. The van der Waals surface area contributed by atoms with Crippen LogP contribution in [-0.4, -0.2) is 44.2 Å². The van der Waals surface area contributed by atoms with E-state index in [2.05, 4.69) is 25.4 Å². The normalized spacial score (nSPS) is 10.7. The Balaban J connectivity index is 1.58. The van der Waals surface area contributed by atoms with Crippen LogP contribution in [0.1, 0.15) is 0 Å². The van der Waals surface area contributed by atoms with Crippen LogP contribution in [0.25, 0.3) is 22.3 Å². The maximum absolute atomic E-state index is 8.41. The molecular weight excluding hydrogens is 404 g/mol. The maximum Gasteiger partial charge on any atom is 0.148 e. The van der Waals surface area contributed by atoms with Crippen LogP contribution in [0.4, 0.5) is 5.69 Å². The van der Waals surface area contributed by atoms with Gasteiger partial charge in [-0.1, -0.05) is 11.6 Å². The average Bonchev–Trinajstić information content (AvgIpc) is 2.77. The quantitative estimate of drug-likeness (QED) is 0.336. The van der Waals surface area contributed by atoms with Crippen molar-refractivity contribution in [1.29, 1.82) is 10.8 Å². The Morgan fingerprint density at radius 1 is 1.17 bits per heavy atom. The number of pyridine rings is 3. The lowest BCUT2D eigenvalue weighted by molar-refractivity contribution is 0.413. The van der Waals surface area contributed by atoms with E-state index >= 15 is 0 Å². The molecule has 0 spiro atoms. The van der Waals surface area contributed by atoms with Gasteiger partial charge in [0.05, 0.1) is 41.8 Å². The fourth-order valence-corrected chi connectivity index (χ4v) is 3.03. The van der Waals surface area contributed by atoms with Gasteiger partial charge < -0.3 is 10.1 Å². The molecule has 0 saturated heterocycles. The number of ether oxygens (including phenoxy) is 1. The standard InChI is InChI=1S/C20H17ClN8O/c1-30-14-7-17-20(27-10-14)16(4-5-25-17)26-11-19(23)29-18(22)3-2-15(28-29)12-6-13(21)9-24-8-12/h2-10,22-23H,11H2,1H3,(H,25,26). The van der Waals surface area contributed by atoms with E-state index in [1.165, 1.54) is 10.9 Å². The van der Waals surface area contributed by atoms with E-state index in [9.17, 15) is 0 Å². The average molecular weight is 421 g/mol.